The zero-order valence-corrected chi connectivity index (χ0v) is 9.59. The number of nitrogens with two attached hydrogens (primary N) is 1. The molecule has 0 bridgehead atoms. The van der Waals surface area contributed by atoms with E-state index in [1.54, 1.807) is 18.7 Å². The molecule has 0 aliphatic carbocycles. The Bertz CT molecular complexity index is 248. The first-order valence-corrected chi connectivity index (χ1v) is 6.08. The topological polar surface area (TPSA) is 72.6 Å². The largest absolute Gasteiger partial charge is 0.465 e. The summed E-state index contributed by atoms with van der Waals surface area (Å²) in [5, 5.41) is 0. The van der Waals surface area contributed by atoms with Gasteiger partial charge in [0.25, 0.3) is 0 Å². The minimum absolute atomic E-state index is 0.0148. The second kappa shape index (κ2) is 5.97. The fourth-order valence-corrected chi connectivity index (χ4v) is 2.23. The van der Waals surface area contributed by atoms with E-state index in [-0.39, 0.29) is 18.4 Å². The first-order valence-electron chi connectivity index (χ1n) is 4.93. The van der Waals surface area contributed by atoms with Crippen LogP contribution in [0.2, 0.25) is 0 Å². The molecule has 86 valence electrons. The Morgan fingerprint density at radius 3 is 3.13 bits per heavy atom. The number of carbonyl (C=O) groups excluding carboxylic acids is 2. The molecule has 0 spiro atoms. The van der Waals surface area contributed by atoms with Crippen LogP contribution in [0.1, 0.15) is 6.92 Å². The van der Waals surface area contributed by atoms with E-state index in [4.69, 9.17) is 10.5 Å². The van der Waals surface area contributed by atoms with Crippen LogP contribution in [0, 0.1) is 0 Å². The van der Waals surface area contributed by atoms with Crippen LogP contribution in [0.4, 0.5) is 0 Å². The summed E-state index contributed by atoms with van der Waals surface area (Å²) >= 11 is 1.63. The Hall–Kier alpha value is -0.750. The molecule has 2 N–H and O–H groups in total. The van der Waals surface area contributed by atoms with Gasteiger partial charge in [-0.2, -0.15) is 11.8 Å². The first-order chi connectivity index (χ1) is 7.15. The molecule has 1 aliphatic rings. The van der Waals surface area contributed by atoms with Crippen LogP contribution in [0.5, 0.6) is 0 Å². The van der Waals surface area contributed by atoms with E-state index in [1.165, 1.54) is 4.90 Å². The molecule has 0 radical (unpaired) electrons. The maximum Gasteiger partial charge on any atom is 0.325 e. The molecular formula is C9H16N2O3S. The number of nitrogens with zero attached hydrogens (tertiary/aromatic N) is 1. The molecule has 1 amide bonds. The van der Waals surface area contributed by atoms with Gasteiger partial charge in [-0.05, 0) is 6.92 Å². The third-order valence-electron chi connectivity index (χ3n) is 2.06. The summed E-state index contributed by atoms with van der Waals surface area (Å²) in [7, 11) is 0. The second-order valence-electron chi connectivity index (χ2n) is 3.25. The molecule has 0 saturated carbocycles. The van der Waals surface area contributed by atoms with E-state index < -0.39 is 6.04 Å². The lowest BCUT2D eigenvalue weighted by Gasteiger charge is -2.20. The SMILES string of the molecule is CCOC(=O)CN1CCSC[C@H](N)C1=O. The fourth-order valence-electron chi connectivity index (χ4n) is 1.32. The summed E-state index contributed by atoms with van der Waals surface area (Å²) in [6, 6.07) is -0.494. The van der Waals surface area contributed by atoms with E-state index >= 15 is 0 Å². The smallest absolute Gasteiger partial charge is 0.325 e. The van der Waals surface area contributed by atoms with E-state index in [0.29, 0.717) is 18.9 Å². The van der Waals surface area contributed by atoms with Crippen LogP contribution in [0.25, 0.3) is 0 Å². The summed E-state index contributed by atoms with van der Waals surface area (Å²) in [6.07, 6.45) is 0. The van der Waals surface area contributed by atoms with Crippen LogP contribution in [-0.4, -0.2) is 54.0 Å². The summed E-state index contributed by atoms with van der Waals surface area (Å²) in [4.78, 5) is 24.4. The fraction of sp³-hybridized carbons (Fsp3) is 0.778. The highest BCUT2D eigenvalue weighted by atomic mass is 32.2. The number of rotatable bonds is 3. The van der Waals surface area contributed by atoms with Crippen molar-refractivity contribution in [1.82, 2.24) is 4.90 Å². The Kier molecular flexibility index (Phi) is 4.90. The molecule has 0 aromatic heterocycles. The standard InChI is InChI=1S/C9H16N2O3S/c1-2-14-8(12)5-11-3-4-15-6-7(10)9(11)13/h7H,2-6,10H2,1H3/t7-/m0/s1. The quantitative estimate of drug-likeness (QED) is 0.661. The molecule has 1 saturated heterocycles. The van der Waals surface area contributed by atoms with E-state index in [0.717, 1.165) is 5.75 Å². The van der Waals surface area contributed by atoms with Gasteiger partial charge in [-0.3, -0.25) is 9.59 Å². The molecule has 0 aromatic carbocycles. The van der Waals surface area contributed by atoms with Crippen LogP contribution in [0.3, 0.4) is 0 Å². The average Bonchev–Trinajstić information content (AvgIpc) is 2.34. The highest BCUT2D eigenvalue weighted by Gasteiger charge is 2.25. The Morgan fingerprint density at radius 2 is 2.47 bits per heavy atom. The molecule has 15 heavy (non-hydrogen) atoms. The minimum Gasteiger partial charge on any atom is -0.465 e. The molecule has 1 heterocycles. The van der Waals surface area contributed by atoms with Crippen molar-refractivity contribution in [1.29, 1.82) is 0 Å². The van der Waals surface area contributed by atoms with Gasteiger partial charge < -0.3 is 15.4 Å². The Morgan fingerprint density at radius 1 is 1.73 bits per heavy atom. The highest BCUT2D eigenvalue weighted by Crippen LogP contribution is 2.10. The number of amides is 1. The summed E-state index contributed by atoms with van der Waals surface area (Å²) < 4.78 is 4.79. The third kappa shape index (κ3) is 3.71. The molecule has 1 fully saturated rings. The van der Waals surface area contributed by atoms with Crippen LogP contribution in [0.15, 0.2) is 0 Å². The minimum atomic E-state index is -0.494. The summed E-state index contributed by atoms with van der Waals surface area (Å²) in [5.74, 6) is 0.912. The van der Waals surface area contributed by atoms with Crippen molar-refractivity contribution in [3.63, 3.8) is 0 Å². The summed E-state index contributed by atoms with van der Waals surface area (Å²) in [6.45, 7) is 2.66. The maximum atomic E-state index is 11.7. The summed E-state index contributed by atoms with van der Waals surface area (Å²) in [5.41, 5.74) is 5.65. The number of esters is 1. The van der Waals surface area contributed by atoms with Crippen molar-refractivity contribution in [2.45, 2.75) is 13.0 Å². The average molecular weight is 232 g/mol. The van der Waals surface area contributed by atoms with Gasteiger partial charge in [0, 0.05) is 18.1 Å². The molecule has 1 rings (SSSR count). The monoisotopic (exact) mass is 232 g/mol. The van der Waals surface area contributed by atoms with E-state index in [9.17, 15) is 9.59 Å². The van der Waals surface area contributed by atoms with Crippen LogP contribution >= 0.6 is 11.8 Å². The van der Waals surface area contributed by atoms with Crippen molar-refractivity contribution in [2.75, 3.05) is 31.2 Å². The Balaban J connectivity index is 2.51. The number of ether oxygens (including phenoxy) is 1. The third-order valence-corrected chi connectivity index (χ3v) is 3.12. The normalized spacial score (nSPS) is 22.4. The van der Waals surface area contributed by atoms with Crippen molar-refractivity contribution < 1.29 is 14.3 Å². The number of hydrogen-bond acceptors (Lipinski definition) is 5. The van der Waals surface area contributed by atoms with Crippen LogP contribution in [-0.2, 0) is 14.3 Å². The molecule has 1 aliphatic heterocycles. The van der Waals surface area contributed by atoms with Gasteiger partial charge in [0.2, 0.25) is 5.91 Å². The Labute approximate surface area is 93.3 Å². The molecular weight excluding hydrogens is 216 g/mol. The lowest BCUT2D eigenvalue weighted by molar-refractivity contribution is -0.148. The highest BCUT2D eigenvalue weighted by molar-refractivity contribution is 7.99. The van der Waals surface area contributed by atoms with E-state index in [2.05, 4.69) is 0 Å². The lowest BCUT2D eigenvalue weighted by Crippen LogP contribution is -2.46. The van der Waals surface area contributed by atoms with E-state index in [1.807, 2.05) is 0 Å². The van der Waals surface area contributed by atoms with Gasteiger partial charge in [0.1, 0.15) is 6.54 Å². The van der Waals surface area contributed by atoms with Gasteiger partial charge in [-0.1, -0.05) is 0 Å². The van der Waals surface area contributed by atoms with Gasteiger partial charge in [0.05, 0.1) is 12.6 Å². The first kappa shape index (κ1) is 12.3. The van der Waals surface area contributed by atoms with Crippen molar-refractivity contribution in [3.8, 4) is 0 Å². The number of carbonyl (C=O) groups is 2. The second-order valence-corrected chi connectivity index (χ2v) is 4.40. The maximum absolute atomic E-state index is 11.7. The van der Waals surface area contributed by atoms with Gasteiger partial charge in [-0.15, -0.1) is 0 Å². The molecule has 0 unspecified atom stereocenters. The molecule has 1 atom stereocenters. The van der Waals surface area contributed by atoms with Gasteiger partial charge in [-0.25, -0.2) is 0 Å². The van der Waals surface area contributed by atoms with Crippen molar-refractivity contribution in [3.05, 3.63) is 0 Å². The zero-order valence-electron chi connectivity index (χ0n) is 8.77. The number of thioether (sulfide) groups is 1. The predicted octanol–water partition coefficient (Wildman–Crippen LogP) is -0.548. The predicted molar refractivity (Wildman–Crippen MR) is 58.5 cm³/mol. The van der Waals surface area contributed by atoms with Gasteiger partial charge in [0.15, 0.2) is 0 Å². The number of hydrogen-bond donors (Lipinski definition) is 1. The lowest BCUT2D eigenvalue weighted by atomic mass is 10.3. The molecule has 5 nitrogen and oxygen atoms in total. The molecule has 6 heteroatoms. The molecule has 0 aromatic rings. The van der Waals surface area contributed by atoms with Crippen LogP contribution < -0.4 is 5.73 Å². The van der Waals surface area contributed by atoms with Crippen molar-refractivity contribution >= 4 is 23.6 Å². The zero-order chi connectivity index (χ0) is 11.3. The van der Waals surface area contributed by atoms with Crippen molar-refractivity contribution in [2.24, 2.45) is 5.73 Å². The van der Waals surface area contributed by atoms with Gasteiger partial charge >= 0.3 is 5.97 Å².